The molecule has 114 valence electrons. The first kappa shape index (κ1) is 15.8. The van der Waals surface area contributed by atoms with Crippen LogP contribution in [0.3, 0.4) is 0 Å². The van der Waals surface area contributed by atoms with E-state index in [-0.39, 0.29) is 12.5 Å². The van der Waals surface area contributed by atoms with Gasteiger partial charge in [0.25, 0.3) is 5.91 Å². The lowest BCUT2D eigenvalue weighted by Crippen LogP contribution is -2.25. The molecule has 1 amide bonds. The number of amides is 1. The third-order valence-corrected chi connectivity index (χ3v) is 3.39. The zero-order chi connectivity index (χ0) is 15.9. The molecule has 0 heterocycles. The van der Waals surface area contributed by atoms with Crippen LogP contribution in [-0.2, 0) is 4.79 Å². The number of aryl methyl sites for hydroxylation is 2. The van der Waals surface area contributed by atoms with Crippen molar-refractivity contribution >= 4 is 11.6 Å². The molecule has 4 heteroatoms. The Morgan fingerprint density at radius 2 is 1.82 bits per heavy atom. The zero-order valence-corrected chi connectivity index (χ0v) is 13.1. The Hall–Kier alpha value is -2.62. The smallest absolute Gasteiger partial charge is 0.277 e. The van der Waals surface area contributed by atoms with Crippen molar-refractivity contribution in [2.45, 2.75) is 20.8 Å². The SMILES string of the molecule is C/C(=N\NC(=O)COc1ccc(C)c(C)c1)c1ccccc1. The zero-order valence-electron chi connectivity index (χ0n) is 13.1. The first-order valence-corrected chi connectivity index (χ1v) is 7.15. The van der Waals surface area contributed by atoms with E-state index >= 15 is 0 Å². The summed E-state index contributed by atoms with van der Waals surface area (Å²) in [6, 6.07) is 15.4. The highest BCUT2D eigenvalue weighted by atomic mass is 16.5. The van der Waals surface area contributed by atoms with Crippen LogP contribution >= 0.6 is 0 Å². The van der Waals surface area contributed by atoms with Crippen molar-refractivity contribution < 1.29 is 9.53 Å². The van der Waals surface area contributed by atoms with E-state index in [0.29, 0.717) is 5.75 Å². The fraction of sp³-hybridized carbons (Fsp3) is 0.222. The van der Waals surface area contributed by atoms with Crippen molar-refractivity contribution in [3.8, 4) is 5.75 Å². The molecule has 2 rings (SSSR count). The van der Waals surface area contributed by atoms with Crippen LogP contribution in [0.5, 0.6) is 5.75 Å². The van der Waals surface area contributed by atoms with Gasteiger partial charge in [0.1, 0.15) is 5.75 Å². The Kier molecular flexibility index (Phi) is 5.31. The van der Waals surface area contributed by atoms with E-state index in [4.69, 9.17) is 4.74 Å². The molecule has 0 spiro atoms. The summed E-state index contributed by atoms with van der Waals surface area (Å²) in [5.41, 5.74) is 6.55. The summed E-state index contributed by atoms with van der Waals surface area (Å²) < 4.78 is 5.46. The summed E-state index contributed by atoms with van der Waals surface area (Å²) in [7, 11) is 0. The molecular formula is C18H20N2O2. The van der Waals surface area contributed by atoms with Gasteiger partial charge in [-0.3, -0.25) is 4.79 Å². The van der Waals surface area contributed by atoms with Gasteiger partial charge in [0, 0.05) is 0 Å². The van der Waals surface area contributed by atoms with Gasteiger partial charge >= 0.3 is 0 Å². The summed E-state index contributed by atoms with van der Waals surface area (Å²) in [6.45, 7) is 5.83. The Morgan fingerprint density at radius 3 is 2.50 bits per heavy atom. The number of rotatable bonds is 5. The molecule has 1 N–H and O–H groups in total. The summed E-state index contributed by atoms with van der Waals surface area (Å²) in [5, 5.41) is 4.08. The lowest BCUT2D eigenvalue weighted by molar-refractivity contribution is -0.123. The van der Waals surface area contributed by atoms with Crippen LogP contribution in [0.25, 0.3) is 0 Å². The molecule has 0 fully saturated rings. The van der Waals surface area contributed by atoms with Crippen molar-refractivity contribution in [2.75, 3.05) is 6.61 Å². The van der Waals surface area contributed by atoms with Gasteiger partial charge in [0.2, 0.25) is 0 Å². The molecule has 0 saturated carbocycles. The van der Waals surface area contributed by atoms with Crippen molar-refractivity contribution in [1.29, 1.82) is 0 Å². The highest BCUT2D eigenvalue weighted by Crippen LogP contribution is 2.16. The predicted octanol–water partition coefficient (Wildman–Crippen LogP) is 3.22. The maximum Gasteiger partial charge on any atom is 0.277 e. The first-order valence-electron chi connectivity index (χ1n) is 7.15. The molecule has 0 bridgehead atoms. The van der Waals surface area contributed by atoms with Crippen LogP contribution in [0.4, 0.5) is 0 Å². The minimum absolute atomic E-state index is 0.0614. The van der Waals surface area contributed by atoms with E-state index in [1.807, 2.05) is 69.3 Å². The topological polar surface area (TPSA) is 50.7 Å². The van der Waals surface area contributed by atoms with E-state index in [1.54, 1.807) is 0 Å². The first-order chi connectivity index (χ1) is 10.6. The third kappa shape index (κ3) is 4.45. The van der Waals surface area contributed by atoms with E-state index < -0.39 is 0 Å². The minimum Gasteiger partial charge on any atom is -0.484 e. The number of hydrogen-bond donors (Lipinski definition) is 1. The number of nitrogens with zero attached hydrogens (tertiary/aromatic N) is 1. The molecule has 2 aromatic rings. The predicted molar refractivity (Wildman–Crippen MR) is 88.2 cm³/mol. The van der Waals surface area contributed by atoms with Gasteiger partial charge in [-0.1, -0.05) is 36.4 Å². The lowest BCUT2D eigenvalue weighted by Gasteiger charge is -2.07. The van der Waals surface area contributed by atoms with E-state index in [1.165, 1.54) is 5.56 Å². The normalized spacial score (nSPS) is 11.1. The van der Waals surface area contributed by atoms with Crippen molar-refractivity contribution in [3.05, 3.63) is 65.2 Å². The number of benzene rings is 2. The van der Waals surface area contributed by atoms with Crippen LogP contribution in [0.2, 0.25) is 0 Å². The number of nitrogens with one attached hydrogen (secondary N) is 1. The van der Waals surface area contributed by atoms with Crippen LogP contribution < -0.4 is 10.2 Å². The molecule has 2 aromatic carbocycles. The van der Waals surface area contributed by atoms with Crippen molar-refractivity contribution in [2.24, 2.45) is 5.10 Å². The Bertz CT molecular complexity index is 679. The second-order valence-corrected chi connectivity index (χ2v) is 5.13. The number of hydrogen-bond acceptors (Lipinski definition) is 3. The molecule has 0 aliphatic heterocycles. The highest BCUT2D eigenvalue weighted by molar-refractivity contribution is 5.99. The highest BCUT2D eigenvalue weighted by Gasteiger charge is 2.03. The molecular weight excluding hydrogens is 276 g/mol. The van der Waals surface area contributed by atoms with Gasteiger partial charge in [-0.25, -0.2) is 5.43 Å². The quantitative estimate of drug-likeness (QED) is 0.680. The second kappa shape index (κ2) is 7.41. The van der Waals surface area contributed by atoms with Gasteiger partial charge in [0.15, 0.2) is 6.61 Å². The summed E-state index contributed by atoms with van der Waals surface area (Å²) in [4.78, 5) is 11.8. The number of ether oxygens (including phenoxy) is 1. The Balaban J connectivity index is 1.86. The largest absolute Gasteiger partial charge is 0.484 e. The Morgan fingerprint density at radius 1 is 1.09 bits per heavy atom. The molecule has 0 aliphatic carbocycles. The van der Waals surface area contributed by atoms with Crippen molar-refractivity contribution in [1.82, 2.24) is 5.43 Å². The van der Waals surface area contributed by atoms with Gasteiger partial charge in [-0.05, 0) is 49.6 Å². The van der Waals surface area contributed by atoms with Crippen LogP contribution in [0, 0.1) is 13.8 Å². The van der Waals surface area contributed by atoms with E-state index in [0.717, 1.165) is 16.8 Å². The van der Waals surface area contributed by atoms with Gasteiger partial charge < -0.3 is 4.74 Å². The number of carbonyl (C=O) groups is 1. The summed E-state index contributed by atoms with van der Waals surface area (Å²) in [6.07, 6.45) is 0. The molecule has 0 atom stereocenters. The van der Waals surface area contributed by atoms with Gasteiger partial charge in [0.05, 0.1) is 5.71 Å². The lowest BCUT2D eigenvalue weighted by atomic mass is 10.1. The van der Waals surface area contributed by atoms with Crippen LogP contribution in [0.15, 0.2) is 53.6 Å². The maximum atomic E-state index is 11.8. The number of carbonyl (C=O) groups excluding carboxylic acids is 1. The average Bonchev–Trinajstić information content (AvgIpc) is 2.54. The minimum atomic E-state index is -0.284. The third-order valence-electron chi connectivity index (χ3n) is 3.39. The molecule has 4 nitrogen and oxygen atoms in total. The fourth-order valence-electron chi connectivity index (χ4n) is 1.87. The number of hydrazone groups is 1. The maximum absolute atomic E-state index is 11.8. The molecule has 0 aromatic heterocycles. The summed E-state index contributed by atoms with van der Waals surface area (Å²) >= 11 is 0. The molecule has 0 unspecified atom stereocenters. The summed E-state index contributed by atoms with van der Waals surface area (Å²) in [5.74, 6) is 0.399. The fourth-order valence-corrected chi connectivity index (χ4v) is 1.87. The standard InChI is InChI=1S/C18H20N2O2/c1-13-9-10-17(11-14(13)2)22-12-18(21)20-19-15(3)16-7-5-4-6-8-16/h4-11H,12H2,1-3H3,(H,20,21)/b19-15+. The van der Waals surface area contributed by atoms with Crippen LogP contribution in [0.1, 0.15) is 23.6 Å². The van der Waals surface area contributed by atoms with Crippen LogP contribution in [-0.4, -0.2) is 18.2 Å². The van der Waals surface area contributed by atoms with Gasteiger partial charge in [-0.15, -0.1) is 0 Å². The molecule has 0 radical (unpaired) electrons. The molecule has 0 aliphatic rings. The second-order valence-electron chi connectivity index (χ2n) is 5.13. The van der Waals surface area contributed by atoms with E-state index in [9.17, 15) is 4.79 Å². The molecule has 0 saturated heterocycles. The average molecular weight is 296 g/mol. The van der Waals surface area contributed by atoms with Crippen molar-refractivity contribution in [3.63, 3.8) is 0 Å². The monoisotopic (exact) mass is 296 g/mol. The Labute approximate surface area is 130 Å². The van der Waals surface area contributed by atoms with E-state index in [2.05, 4.69) is 10.5 Å². The van der Waals surface area contributed by atoms with Gasteiger partial charge in [-0.2, -0.15) is 5.10 Å². The molecule has 22 heavy (non-hydrogen) atoms.